The number of carbonyl (C=O) groups excluding carboxylic acids is 2. The zero-order valence-electron chi connectivity index (χ0n) is 23.5. The second-order valence-electron chi connectivity index (χ2n) is 11.0. The fourth-order valence-corrected chi connectivity index (χ4v) is 4.27. The monoisotopic (exact) mass is 556 g/mol. The van der Waals surface area contributed by atoms with E-state index in [1.165, 1.54) is 30.1 Å². The van der Waals surface area contributed by atoms with Gasteiger partial charge in [0, 0.05) is 36.7 Å². The number of nitrogens with zero attached hydrogens (tertiary/aromatic N) is 3. The maximum atomic E-state index is 12.4. The highest BCUT2D eigenvalue weighted by molar-refractivity contribution is 5.97. The van der Waals surface area contributed by atoms with Gasteiger partial charge in [-0.1, -0.05) is 45.0 Å². The number of rotatable bonds is 10. The van der Waals surface area contributed by atoms with Crippen LogP contribution in [0.3, 0.4) is 0 Å². The molecule has 0 aliphatic carbocycles. The number of imide groups is 1. The fourth-order valence-electron chi connectivity index (χ4n) is 4.27. The Morgan fingerprint density at radius 1 is 1.05 bits per heavy atom. The van der Waals surface area contributed by atoms with Gasteiger partial charge in [-0.15, -0.1) is 0 Å². The number of carbonyl (C=O) groups is 2. The van der Waals surface area contributed by atoms with E-state index in [0.29, 0.717) is 18.7 Å². The average molecular weight is 557 g/mol. The summed E-state index contributed by atoms with van der Waals surface area (Å²) in [5, 5.41) is 31.4. The Bertz CT molecular complexity index is 1470. The van der Waals surface area contributed by atoms with E-state index in [-0.39, 0.29) is 24.0 Å². The van der Waals surface area contributed by atoms with Crippen LogP contribution < -0.4 is 21.1 Å². The first kappa shape index (κ1) is 29.3. The van der Waals surface area contributed by atoms with E-state index in [2.05, 4.69) is 43.5 Å². The first-order chi connectivity index (χ1) is 19.5. The highest BCUT2D eigenvalue weighted by Crippen LogP contribution is 2.27. The molecule has 0 spiro atoms. The predicted octanol–water partition coefficient (Wildman–Crippen LogP) is 3.58. The van der Waals surface area contributed by atoms with E-state index < -0.39 is 17.9 Å². The Labute approximate surface area is 239 Å². The number of aromatic nitrogens is 3. The van der Waals surface area contributed by atoms with E-state index in [1.807, 2.05) is 18.2 Å². The number of pyridine rings is 1. The SMILES string of the molecule is CC(C)(C)c1ccc(-n2nc(-c3cc[n+]([O-])cc3)cc2NCCCC(=O)NC(=O)[C@@H](N)Cc2ccc(O)cc2)cc1. The lowest BCUT2D eigenvalue weighted by atomic mass is 9.87. The van der Waals surface area contributed by atoms with Gasteiger partial charge in [-0.25, -0.2) is 4.68 Å². The van der Waals surface area contributed by atoms with Crippen molar-refractivity contribution < 1.29 is 19.4 Å². The van der Waals surface area contributed by atoms with Gasteiger partial charge in [0.2, 0.25) is 11.8 Å². The molecule has 41 heavy (non-hydrogen) atoms. The smallest absolute Gasteiger partial charge is 0.243 e. The van der Waals surface area contributed by atoms with Crippen LogP contribution in [0.4, 0.5) is 5.82 Å². The van der Waals surface area contributed by atoms with Gasteiger partial charge in [-0.05, 0) is 53.6 Å². The Morgan fingerprint density at radius 3 is 2.34 bits per heavy atom. The highest BCUT2D eigenvalue weighted by atomic mass is 16.5. The molecule has 4 aromatic rings. The summed E-state index contributed by atoms with van der Waals surface area (Å²) in [4.78, 5) is 24.8. The molecule has 0 fully saturated rings. The van der Waals surface area contributed by atoms with Crippen LogP contribution in [0.15, 0.2) is 79.1 Å². The van der Waals surface area contributed by atoms with Crippen molar-refractivity contribution in [3.05, 3.63) is 95.5 Å². The maximum Gasteiger partial charge on any atom is 0.243 e. The molecule has 2 amide bonds. The minimum atomic E-state index is -0.881. The minimum absolute atomic E-state index is 0.0179. The summed E-state index contributed by atoms with van der Waals surface area (Å²) in [5.74, 6) is -0.0834. The molecule has 1 atom stereocenters. The summed E-state index contributed by atoms with van der Waals surface area (Å²) < 4.78 is 2.52. The lowest BCUT2D eigenvalue weighted by Gasteiger charge is -2.19. The number of nitrogens with two attached hydrogens (primary N) is 1. The number of hydrogen-bond donors (Lipinski definition) is 4. The van der Waals surface area contributed by atoms with E-state index in [1.54, 1.807) is 28.9 Å². The zero-order chi connectivity index (χ0) is 29.6. The third kappa shape index (κ3) is 7.92. The van der Waals surface area contributed by atoms with Crippen LogP contribution in [0.5, 0.6) is 5.75 Å². The molecule has 0 aliphatic rings. The van der Waals surface area contributed by atoms with Gasteiger partial charge in [-0.3, -0.25) is 14.9 Å². The summed E-state index contributed by atoms with van der Waals surface area (Å²) in [6.45, 7) is 6.94. The molecule has 0 aliphatic heterocycles. The van der Waals surface area contributed by atoms with Gasteiger partial charge in [0.15, 0.2) is 12.4 Å². The lowest BCUT2D eigenvalue weighted by molar-refractivity contribution is -0.605. The molecular formula is C31H36N6O4. The van der Waals surface area contributed by atoms with Crippen LogP contribution in [0.2, 0.25) is 0 Å². The van der Waals surface area contributed by atoms with E-state index >= 15 is 0 Å². The molecule has 2 aromatic carbocycles. The summed E-state index contributed by atoms with van der Waals surface area (Å²) in [7, 11) is 0. The van der Waals surface area contributed by atoms with Gasteiger partial charge < -0.3 is 21.4 Å². The first-order valence-electron chi connectivity index (χ1n) is 13.5. The Balaban J connectivity index is 1.37. The number of phenolic OH excluding ortho intramolecular Hbond substituents is 1. The van der Waals surface area contributed by atoms with Crippen LogP contribution in [0.25, 0.3) is 16.9 Å². The number of amides is 2. The third-order valence-corrected chi connectivity index (χ3v) is 6.66. The van der Waals surface area contributed by atoms with E-state index in [9.17, 15) is 19.9 Å². The van der Waals surface area contributed by atoms with Gasteiger partial charge in [-0.2, -0.15) is 9.83 Å². The number of aromatic hydroxyl groups is 1. The van der Waals surface area contributed by atoms with Gasteiger partial charge in [0.1, 0.15) is 11.6 Å². The molecule has 2 heterocycles. The van der Waals surface area contributed by atoms with E-state index in [4.69, 9.17) is 10.8 Å². The molecule has 5 N–H and O–H groups in total. The summed E-state index contributed by atoms with van der Waals surface area (Å²) >= 11 is 0. The Morgan fingerprint density at radius 2 is 1.71 bits per heavy atom. The Hall–Kier alpha value is -4.70. The van der Waals surface area contributed by atoms with Crippen molar-refractivity contribution in [2.45, 2.75) is 51.5 Å². The number of hydrogen-bond acceptors (Lipinski definition) is 7. The minimum Gasteiger partial charge on any atom is -0.619 e. The van der Waals surface area contributed by atoms with E-state index in [0.717, 1.165) is 27.4 Å². The quantitative estimate of drug-likeness (QED) is 0.132. The summed E-state index contributed by atoms with van der Waals surface area (Å²) in [6.07, 6.45) is 3.71. The molecule has 0 saturated carbocycles. The molecule has 214 valence electrons. The van der Waals surface area contributed by atoms with Crippen molar-refractivity contribution in [2.24, 2.45) is 5.73 Å². The van der Waals surface area contributed by atoms with Crippen molar-refractivity contribution in [1.29, 1.82) is 0 Å². The van der Waals surface area contributed by atoms with Crippen LogP contribution >= 0.6 is 0 Å². The third-order valence-electron chi connectivity index (χ3n) is 6.66. The molecular weight excluding hydrogens is 520 g/mol. The van der Waals surface area contributed by atoms with Crippen LogP contribution in [-0.4, -0.2) is 39.3 Å². The highest BCUT2D eigenvalue weighted by Gasteiger charge is 2.18. The molecule has 10 heteroatoms. The molecule has 0 unspecified atom stereocenters. The molecule has 10 nitrogen and oxygen atoms in total. The van der Waals surface area contributed by atoms with Crippen molar-refractivity contribution in [1.82, 2.24) is 15.1 Å². The number of benzene rings is 2. The molecule has 0 bridgehead atoms. The summed E-state index contributed by atoms with van der Waals surface area (Å²) in [6, 6.07) is 19.0. The molecule has 2 aromatic heterocycles. The number of phenols is 1. The summed E-state index contributed by atoms with van der Waals surface area (Å²) in [5.41, 5.74) is 10.3. The van der Waals surface area contributed by atoms with Gasteiger partial charge >= 0.3 is 0 Å². The van der Waals surface area contributed by atoms with Crippen LogP contribution in [-0.2, 0) is 21.4 Å². The van der Waals surface area contributed by atoms with Gasteiger partial charge in [0.25, 0.3) is 0 Å². The van der Waals surface area contributed by atoms with Crippen LogP contribution in [0, 0.1) is 5.21 Å². The van der Waals surface area contributed by atoms with Crippen molar-refractivity contribution in [3.63, 3.8) is 0 Å². The normalized spacial score (nSPS) is 12.1. The van der Waals surface area contributed by atoms with Gasteiger partial charge in [0.05, 0.1) is 17.4 Å². The predicted molar refractivity (Wildman–Crippen MR) is 157 cm³/mol. The number of nitrogens with one attached hydrogen (secondary N) is 2. The second-order valence-corrected chi connectivity index (χ2v) is 11.0. The lowest BCUT2D eigenvalue weighted by Crippen LogP contribution is -2.44. The average Bonchev–Trinajstić information content (AvgIpc) is 3.36. The zero-order valence-corrected chi connectivity index (χ0v) is 23.5. The Kier molecular flexibility index (Phi) is 9.04. The molecule has 0 radical (unpaired) electrons. The largest absolute Gasteiger partial charge is 0.619 e. The van der Waals surface area contributed by atoms with Crippen molar-refractivity contribution >= 4 is 17.6 Å². The molecule has 4 rings (SSSR count). The van der Waals surface area contributed by atoms with Crippen molar-refractivity contribution in [2.75, 3.05) is 11.9 Å². The maximum absolute atomic E-state index is 12.4. The van der Waals surface area contributed by atoms with Crippen LogP contribution in [0.1, 0.15) is 44.7 Å². The standard InChI is InChI=1S/C31H36N6O4/c1-31(2,3)23-8-10-24(11-9-23)37-28(20-27(35-37)22-14-17-36(41)18-15-22)33-16-4-5-29(39)34-30(40)26(32)19-21-6-12-25(38)13-7-21/h6-15,17-18,20,26,33,38H,4-5,16,19,32H2,1-3H3,(H,34,39,40)/t26-/m0/s1. The topological polar surface area (TPSA) is 149 Å². The number of anilines is 1. The van der Waals surface area contributed by atoms with Crippen molar-refractivity contribution in [3.8, 4) is 22.7 Å². The second kappa shape index (κ2) is 12.6. The first-order valence-corrected chi connectivity index (χ1v) is 13.5. The fraction of sp³-hybridized carbons (Fsp3) is 0.290. The molecule has 0 saturated heterocycles.